The van der Waals surface area contributed by atoms with E-state index in [9.17, 15) is 18.0 Å². The summed E-state index contributed by atoms with van der Waals surface area (Å²) in [7, 11) is -0.533. The van der Waals surface area contributed by atoms with Gasteiger partial charge in [-0.15, -0.1) is 0 Å². The summed E-state index contributed by atoms with van der Waals surface area (Å²) in [6.45, 7) is 4.49. The fourth-order valence-electron chi connectivity index (χ4n) is 4.75. The Hall–Kier alpha value is -3.17. The van der Waals surface area contributed by atoms with Crippen LogP contribution < -0.4 is 9.64 Å². The van der Waals surface area contributed by atoms with Crippen molar-refractivity contribution in [1.29, 1.82) is 0 Å². The Morgan fingerprint density at radius 3 is 2.43 bits per heavy atom. The topological polar surface area (TPSA) is 93.2 Å². The summed E-state index contributed by atoms with van der Waals surface area (Å²) in [5.74, 6) is -0.987. The van der Waals surface area contributed by atoms with Crippen LogP contribution in [0, 0.1) is 0 Å². The van der Waals surface area contributed by atoms with E-state index in [-0.39, 0.29) is 27.4 Å². The molecule has 2 aromatic carbocycles. The number of ketones is 1. The average Bonchev–Trinajstić information content (AvgIpc) is 3.46. The second-order valence-corrected chi connectivity index (χ2v) is 11.2. The molecular weight excluding hydrogens is 468 g/mol. The molecule has 2 aromatic rings. The molecule has 0 amide bonds. The van der Waals surface area contributed by atoms with Crippen LogP contribution in [-0.4, -0.2) is 58.3 Å². The first-order chi connectivity index (χ1) is 16.6. The number of para-hydroxylation sites is 1. The van der Waals surface area contributed by atoms with Crippen molar-refractivity contribution in [2.45, 2.75) is 37.0 Å². The van der Waals surface area contributed by atoms with Gasteiger partial charge in [0, 0.05) is 43.0 Å². The Balaban J connectivity index is 1.50. The monoisotopic (exact) mass is 498 g/mol. The number of methoxy groups -OCH3 is 1. The van der Waals surface area contributed by atoms with Crippen LogP contribution in [-0.2, 0) is 25.0 Å². The maximum absolute atomic E-state index is 13.1. The number of esters is 1. The zero-order chi connectivity index (χ0) is 25.4. The van der Waals surface area contributed by atoms with Crippen molar-refractivity contribution >= 4 is 27.5 Å². The van der Waals surface area contributed by atoms with Gasteiger partial charge in [0.25, 0.3) is 0 Å². The second kappa shape index (κ2) is 9.47. The minimum Gasteiger partial charge on any atom is -0.495 e. The number of likely N-dealkylation sites (N-methyl/N-ethyl adjacent to an activating group) is 1. The Labute approximate surface area is 206 Å². The third-order valence-corrected chi connectivity index (χ3v) is 8.59. The third kappa shape index (κ3) is 4.58. The van der Waals surface area contributed by atoms with E-state index in [0.29, 0.717) is 13.1 Å². The van der Waals surface area contributed by atoms with E-state index in [1.165, 1.54) is 35.7 Å². The van der Waals surface area contributed by atoms with Gasteiger partial charge in [0.15, 0.2) is 12.4 Å². The Bertz CT molecular complexity index is 1290. The molecule has 1 fully saturated rings. The first-order valence-electron chi connectivity index (χ1n) is 11.5. The van der Waals surface area contributed by atoms with Gasteiger partial charge < -0.3 is 14.4 Å². The van der Waals surface area contributed by atoms with Gasteiger partial charge in [-0.1, -0.05) is 32.0 Å². The summed E-state index contributed by atoms with van der Waals surface area (Å²) in [6.07, 6.45) is 3.08. The predicted octanol–water partition coefficient (Wildman–Crippen LogP) is 3.52. The van der Waals surface area contributed by atoms with Gasteiger partial charge in [-0.25, -0.2) is 13.2 Å². The van der Waals surface area contributed by atoms with Gasteiger partial charge in [0.1, 0.15) is 10.6 Å². The van der Waals surface area contributed by atoms with E-state index < -0.39 is 22.6 Å². The number of carbonyl (C=O) groups is 2. The molecule has 0 unspecified atom stereocenters. The summed E-state index contributed by atoms with van der Waals surface area (Å²) in [5, 5.41) is 0. The normalized spacial score (nSPS) is 18.5. The second-order valence-electron chi connectivity index (χ2n) is 9.25. The molecule has 2 aliphatic heterocycles. The van der Waals surface area contributed by atoms with E-state index in [0.717, 1.165) is 29.8 Å². The lowest BCUT2D eigenvalue weighted by atomic mass is 9.83. The fourth-order valence-corrected chi connectivity index (χ4v) is 6.44. The number of hydrogen-bond acceptors (Lipinski definition) is 7. The number of benzene rings is 2. The molecule has 4 rings (SSSR count). The molecule has 35 heavy (non-hydrogen) atoms. The fraction of sp³-hybridized carbons (Fsp3) is 0.385. The van der Waals surface area contributed by atoms with Gasteiger partial charge in [-0.05, 0) is 42.7 Å². The van der Waals surface area contributed by atoms with Crippen LogP contribution in [0.2, 0.25) is 0 Å². The smallest absolute Gasteiger partial charge is 0.338 e. The van der Waals surface area contributed by atoms with Gasteiger partial charge >= 0.3 is 5.97 Å². The van der Waals surface area contributed by atoms with E-state index in [4.69, 9.17) is 9.47 Å². The van der Waals surface area contributed by atoms with E-state index in [2.05, 4.69) is 0 Å². The minimum atomic E-state index is -3.81. The zero-order valence-electron chi connectivity index (χ0n) is 20.4. The number of sulfonamides is 1. The minimum absolute atomic E-state index is 0.0368. The van der Waals surface area contributed by atoms with E-state index in [1.807, 2.05) is 50.1 Å². The van der Waals surface area contributed by atoms with Gasteiger partial charge in [0.2, 0.25) is 10.0 Å². The molecule has 0 saturated carbocycles. The van der Waals surface area contributed by atoms with Crippen LogP contribution in [0.4, 0.5) is 5.69 Å². The molecule has 186 valence electrons. The van der Waals surface area contributed by atoms with Gasteiger partial charge in [-0.2, -0.15) is 4.31 Å². The number of anilines is 1. The highest BCUT2D eigenvalue weighted by atomic mass is 32.2. The molecule has 0 aliphatic carbocycles. The molecule has 2 heterocycles. The summed E-state index contributed by atoms with van der Waals surface area (Å²) in [5.41, 5.74) is 2.61. The maximum atomic E-state index is 13.1. The Morgan fingerprint density at radius 2 is 1.77 bits per heavy atom. The highest BCUT2D eigenvalue weighted by Gasteiger charge is 2.38. The number of allylic oxidation sites excluding steroid dienone is 1. The standard InChI is InChI=1S/C26H30N2O6S/c1-26(2)20-9-5-6-10-21(20)27(3)24(26)16-19(29)17-34-25(30)18-11-12-22(33-4)23(15-18)35(31,32)28-13-7-8-14-28/h5-6,9-12,15-16H,7-8,13-14,17H2,1-4H3. The van der Waals surface area contributed by atoms with Crippen molar-refractivity contribution in [2.75, 3.05) is 38.8 Å². The summed E-state index contributed by atoms with van der Waals surface area (Å²) in [4.78, 5) is 27.3. The lowest BCUT2D eigenvalue weighted by Crippen LogP contribution is -2.28. The Kier molecular flexibility index (Phi) is 6.75. The Morgan fingerprint density at radius 1 is 1.09 bits per heavy atom. The largest absolute Gasteiger partial charge is 0.495 e. The number of hydrogen-bond donors (Lipinski definition) is 0. The van der Waals surface area contributed by atoms with Crippen molar-refractivity contribution in [3.05, 3.63) is 65.4 Å². The number of nitrogens with zero attached hydrogens (tertiary/aromatic N) is 2. The predicted molar refractivity (Wildman–Crippen MR) is 132 cm³/mol. The molecule has 0 spiro atoms. The van der Waals surface area contributed by atoms with Gasteiger partial charge in [-0.3, -0.25) is 4.79 Å². The zero-order valence-corrected chi connectivity index (χ0v) is 21.2. The quantitative estimate of drug-likeness (QED) is 0.426. The van der Waals surface area contributed by atoms with Crippen LogP contribution in [0.3, 0.4) is 0 Å². The molecule has 1 saturated heterocycles. The molecule has 0 bridgehead atoms. The first kappa shape index (κ1) is 24.9. The van der Waals surface area contributed by atoms with Crippen molar-refractivity contribution in [2.24, 2.45) is 0 Å². The highest BCUT2D eigenvalue weighted by molar-refractivity contribution is 7.89. The number of carbonyl (C=O) groups excluding carboxylic acids is 2. The lowest BCUT2D eigenvalue weighted by molar-refractivity contribution is -0.117. The molecular formula is C26H30N2O6S. The highest BCUT2D eigenvalue weighted by Crippen LogP contribution is 2.46. The lowest BCUT2D eigenvalue weighted by Gasteiger charge is -2.23. The van der Waals surface area contributed by atoms with Crippen LogP contribution in [0.25, 0.3) is 0 Å². The third-order valence-electron chi connectivity index (χ3n) is 6.67. The van der Waals surface area contributed by atoms with Crippen molar-refractivity contribution < 1.29 is 27.5 Å². The summed E-state index contributed by atoms with van der Waals surface area (Å²) < 4.78 is 38.0. The van der Waals surface area contributed by atoms with Crippen LogP contribution in [0.15, 0.2) is 59.1 Å². The summed E-state index contributed by atoms with van der Waals surface area (Å²) in [6, 6.07) is 12.1. The number of rotatable bonds is 7. The first-order valence-corrected chi connectivity index (χ1v) is 12.9. The SMILES string of the molecule is COc1ccc(C(=O)OCC(=O)C=C2N(C)c3ccccc3C2(C)C)cc1S(=O)(=O)N1CCCC1. The number of fused-ring (bicyclic) bond motifs is 1. The van der Waals surface area contributed by atoms with Crippen molar-refractivity contribution in [3.63, 3.8) is 0 Å². The van der Waals surface area contributed by atoms with E-state index >= 15 is 0 Å². The molecule has 0 aromatic heterocycles. The molecule has 0 radical (unpaired) electrons. The summed E-state index contributed by atoms with van der Waals surface area (Å²) >= 11 is 0. The van der Waals surface area contributed by atoms with Crippen LogP contribution in [0.5, 0.6) is 5.75 Å². The molecule has 0 N–H and O–H groups in total. The van der Waals surface area contributed by atoms with Crippen LogP contribution >= 0.6 is 0 Å². The maximum Gasteiger partial charge on any atom is 0.338 e. The number of ether oxygens (including phenoxy) is 2. The van der Waals surface area contributed by atoms with Crippen LogP contribution in [0.1, 0.15) is 42.6 Å². The molecule has 8 nitrogen and oxygen atoms in total. The van der Waals surface area contributed by atoms with E-state index in [1.54, 1.807) is 0 Å². The molecule has 9 heteroatoms. The van der Waals surface area contributed by atoms with Crippen molar-refractivity contribution in [1.82, 2.24) is 4.31 Å². The molecule has 0 atom stereocenters. The average molecular weight is 499 g/mol. The molecule has 2 aliphatic rings. The van der Waals surface area contributed by atoms with Gasteiger partial charge in [0.05, 0.1) is 12.7 Å². The van der Waals surface area contributed by atoms with Crippen molar-refractivity contribution in [3.8, 4) is 5.75 Å².